The Kier molecular flexibility index (Phi) is 3.06. The van der Waals surface area contributed by atoms with Crippen LogP contribution in [0, 0.1) is 6.92 Å². The number of nitrogens with one attached hydrogen (secondary N) is 1. The molecule has 4 heteroatoms. The summed E-state index contributed by atoms with van der Waals surface area (Å²) in [5.74, 6) is 0.710. The summed E-state index contributed by atoms with van der Waals surface area (Å²) in [5.41, 5.74) is 8.86. The Morgan fingerprint density at radius 3 is 2.95 bits per heavy atom. The molecule has 0 aromatic heterocycles. The van der Waals surface area contributed by atoms with E-state index in [1.165, 1.54) is 0 Å². The maximum absolute atomic E-state index is 12.4. The zero-order chi connectivity index (χ0) is 14.1. The second-order valence-electron chi connectivity index (χ2n) is 4.95. The third-order valence-electron chi connectivity index (χ3n) is 3.51. The summed E-state index contributed by atoms with van der Waals surface area (Å²) >= 11 is 0. The molecule has 3 N–H and O–H groups in total. The fourth-order valence-electron chi connectivity index (χ4n) is 2.40. The van der Waals surface area contributed by atoms with Crippen molar-refractivity contribution in [1.29, 1.82) is 0 Å². The van der Waals surface area contributed by atoms with Crippen LogP contribution in [0.5, 0.6) is 5.75 Å². The third-order valence-corrected chi connectivity index (χ3v) is 3.51. The molecule has 0 radical (unpaired) electrons. The number of anilines is 1. The van der Waals surface area contributed by atoms with Gasteiger partial charge in [0.2, 0.25) is 0 Å². The van der Waals surface area contributed by atoms with Crippen LogP contribution in [0.25, 0.3) is 0 Å². The van der Waals surface area contributed by atoms with E-state index in [-0.39, 0.29) is 11.9 Å². The summed E-state index contributed by atoms with van der Waals surface area (Å²) in [6.45, 7) is 2.36. The van der Waals surface area contributed by atoms with E-state index < -0.39 is 0 Å². The first-order valence-electron chi connectivity index (χ1n) is 6.54. The number of nitrogen functional groups attached to an aromatic ring is 1. The molecule has 1 amide bonds. The van der Waals surface area contributed by atoms with Gasteiger partial charge in [-0.15, -0.1) is 0 Å². The van der Waals surface area contributed by atoms with Gasteiger partial charge in [0.25, 0.3) is 5.91 Å². The molecule has 0 saturated heterocycles. The first-order valence-corrected chi connectivity index (χ1v) is 6.54. The van der Waals surface area contributed by atoms with Crippen LogP contribution in [0.3, 0.4) is 0 Å². The fourth-order valence-corrected chi connectivity index (χ4v) is 2.40. The number of carbonyl (C=O) groups excluding carboxylic acids is 1. The molecule has 2 aromatic carbocycles. The van der Waals surface area contributed by atoms with Crippen LogP contribution < -0.4 is 15.8 Å². The maximum atomic E-state index is 12.4. The van der Waals surface area contributed by atoms with E-state index in [0.29, 0.717) is 17.9 Å². The summed E-state index contributed by atoms with van der Waals surface area (Å²) < 4.78 is 5.56. The topological polar surface area (TPSA) is 64.4 Å². The number of ether oxygens (including phenoxy) is 1. The highest BCUT2D eigenvalue weighted by Crippen LogP contribution is 2.31. The van der Waals surface area contributed by atoms with Crippen molar-refractivity contribution in [1.82, 2.24) is 5.32 Å². The molecule has 20 heavy (non-hydrogen) atoms. The lowest BCUT2D eigenvalue weighted by molar-refractivity contribution is 0.0929. The minimum Gasteiger partial charge on any atom is -0.491 e. The minimum absolute atomic E-state index is 0.112. The Bertz CT molecular complexity index is 667. The molecule has 0 fully saturated rings. The van der Waals surface area contributed by atoms with Gasteiger partial charge < -0.3 is 15.8 Å². The second kappa shape index (κ2) is 4.89. The maximum Gasteiger partial charge on any atom is 0.252 e. The smallest absolute Gasteiger partial charge is 0.252 e. The molecular weight excluding hydrogens is 252 g/mol. The quantitative estimate of drug-likeness (QED) is 0.822. The van der Waals surface area contributed by atoms with Crippen LogP contribution in [0.2, 0.25) is 0 Å². The number of carbonyl (C=O) groups is 1. The van der Waals surface area contributed by atoms with E-state index >= 15 is 0 Å². The van der Waals surface area contributed by atoms with Crippen molar-refractivity contribution in [3.63, 3.8) is 0 Å². The van der Waals surface area contributed by atoms with E-state index in [1.807, 2.05) is 37.3 Å². The molecule has 0 saturated carbocycles. The van der Waals surface area contributed by atoms with Gasteiger partial charge in [-0.25, -0.2) is 0 Å². The number of aryl methyl sites for hydroxylation is 1. The Labute approximate surface area is 117 Å². The molecular formula is C16H16N2O2. The van der Waals surface area contributed by atoms with Crippen LogP contribution in [-0.4, -0.2) is 12.5 Å². The van der Waals surface area contributed by atoms with Crippen LogP contribution in [-0.2, 0) is 0 Å². The monoisotopic (exact) mass is 268 g/mol. The summed E-state index contributed by atoms with van der Waals surface area (Å²) in [4.78, 5) is 12.4. The van der Waals surface area contributed by atoms with E-state index in [0.717, 1.165) is 16.9 Å². The number of para-hydroxylation sites is 1. The van der Waals surface area contributed by atoms with Crippen molar-refractivity contribution in [2.75, 3.05) is 12.3 Å². The van der Waals surface area contributed by atoms with Gasteiger partial charge in [0.15, 0.2) is 0 Å². The van der Waals surface area contributed by atoms with Crippen LogP contribution in [0.1, 0.15) is 27.5 Å². The lowest BCUT2D eigenvalue weighted by Gasteiger charge is -2.13. The van der Waals surface area contributed by atoms with E-state index in [4.69, 9.17) is 10.5 Å². The van der Waals surface area contributed by atoms with Gasteiger partial charge in [-0.3, -0.25) is 4.79 Å². The summed E-state index contributed by atoms with van der Waals surface area (Å²) in [5, 5.41) is 3.00. The first kappa shape index (κ1) is 12.5. The highest BCUT2D eigenvalue weighted by atomic mass is 16.5. The van der Waals surface area contributed by atoms with Crippen LogP contribution in [0.15, 0.2) is 42.5 Å². The van der Waals surface area contributed by atoms with Gasteiger partial charge in [0.1, 0.15) is 12.4 Å². The normalized spacial score (nSPS) is 16.4. The lowest BCUT2D eigenvalue weighted by Crippen LogP contribution is -2.30. The summed E-state index contributed by atoms with van der Waals surface area (Å²) in [6.07, 6.45) is 0. The number of hydrogen-bond donors (Lipinski definition) is 2. The van der Waals surface area contributed by atoms with E-state index in [1.54, 1.807) is 12.1 Å². The standard InChI is InChI=1S/C16H16N2O2/c1-10-6-7-11(17)8-13(10)16(19)18-14-9-20-15-5-3-2-4-12(14)15/h2-8,14H,9,17H2,1H3,(H,18,19). The third kappa shape index (κ3) is 2.20. The number of benzene rings is 2. The van der Waals surface area contributed by atoms with Crippen molar-refractivity contribution in [3.8, 4) is 5.75 Å². The van der Waals surface area contributed by atoms with Crippen LogP contribution in [0.4, 0.5) is 5.69 Å². The van der Waals surface area contributed by atoms with Gasteiger partial charge >= 0.3 is 0 Å². The Morgan fingerprint density at radius 2 is 2.10 bits per heavy atom. The van der Waals surface area contributed by atoms with Crippen molar-refractivity contribution >= 4 is 11.6 Å². The Hall–Kier alpha value is -2.49. The number of amides is 1. The average molecular weight is 268 g/mol. The predicted octanol–water partition coefficient (Wildman–Crippen LogP) is 2.44. The van der Waals surface area contributed by atoms with Gasteiger partial charge in [-0.1, -0.05) is 24.3 Å². The zero-order valence-corrected chi connectivity index (χ0v) is 11.2. The van der Waals surface area contributed by atoms with Crippen molar-refractivity contribution in [3.05, 3.63) is 59.2 Å². The van der Waals surface area contributed by atoms with E-state index in [2.05, 4.69) is 5.32 Å². The summed E-state index contributed by atoms with van der Waals surface area (Å²) in [6, 6.07) is 13.0. The average Bonchev–Trinajstić information content (AvgIpc) is 2.85. The molecule has 1 aliphatic heterocycles. The van der Waals surface area contributed by atoms with Crippen molar-refractivity contribution < 1.29 is 9.53 Å². The lowest BCUT2D eigenvalue weighted by atomic mass is 10.1. The number of rotatable bonds is 2. The summed E-state index contributed by atoms with van der Waals surface area (Å²) in [7, 11) is 0. The largest absolute Gasteiger partial charge is 0.491 e. The molecule has 1 heterocycles. The molecule has 1 unspecified atom stereocenters. The van der Waals surface area contributed by atoms with Gasteiger partial charge in [-0.05, 0) is 30.7 Å². The van der Waals surface area contributed by atoms with Crippen LogP contribution >= 0.6 is 0 Å². The SMILES string of the molecule is Cc1ccc(N)cc1C(=O)NC1COc2ccccc21. The first-order chi connectivity index (χ1) is 9.65. The molecule has 3 rings (SSSR count). The highest BCUT2D eigenvalue weighted by Gasteiger charge is 2.25. The molecule has 4 nitrogen and oxygen atoms in total. The highest BCUT2D eigenvalue weighted by molar-refractivity contribution is 5.96. The molecule has 0 aliphatic carbocycles. The molecule has 2 aromatic rings. The second-order valence-corrected chi connectivity index (χ2v) is 4.95. The minimum atomic E-state index is -0.125. The van der Waals surface area contributed by atoms with Gasteiger partial charge in [0.05, 0.1) is 6.04 Å². The predicted molar refractivity (Wildman–Crippen MR) is 77.7 cm³/mol. The molecule has 0 bridgehead atoms. The number of fused-ring (bicyclic) bond motifs is 1. The van der Waals surface area contributed by atoms with Crippen molar-refractivity contribution in [2.45, 2.75) is 13.0 Å². The number of hydrogen-bond acceptors (Lipinski definition) is 3. The Morgan fingerprint density at radius 1 is 1.30 bits per heavy atom. The van der Waals surface area contributed by atoms with Gasteiger partial charge in [0, 0.05) is 16.8 Å². The number of nitrogens with two attached hydrogens (primary N) is 1. The van der Waals surface area contributed by atoms with Crippen molar-refractivity contribution in [2.24, 2.45) is 0 Å². The van der Waals surface area contributed by atoms with Gasteiger partial charge in [-0.2, -0.15) is 0 Å². The zero-order valence-electron chi connectivity index (χ0n) is 11.2. The molecule has 0 spiro atoms. The fraction of sp³-hybridized carbons (Fsp3) is 0.188. The van der Waals surface area contributed by atoms with E-state index in [9.17, 15) is 4.79 Å². The molecule has 102 valence electrons. The molecule has 1 atom stereocenters. The Balaban J connectivity index is 1.82. The molecule has 1 aliphatic rings.